The summed E-state index contributed by atoms with van der Waals surface area (Å²) in [6.07, 6.45) is 24.6. The van der Waals surface area contributed by atoms with E-state index in [4.69, 9.17) is 11.5 Å². The van der Waals surface area contributed by atoms with E-state index in [-0.39, 0.29) is 84.3 Å². The number of anilines is 6. The highest BCUT2D eigenvalue weighted by atomic mass is 16.2. The molecule has 5 aromatic heterocycles. The summed E-state index contributed by atoms with van der Waals surface area (Å²) < 4.78 is 0. The number of β-lactam (4-membered cyclic amide) rings is 4. The molecule has 9 heterocycles. The molecular weight excluding hydrogens is 1770 g/mol. The van der Waals surface area contributed by atoms with Gasteiger partial charge in [-0.05, 0) is 206 Å². The average Bonchev–Trinajstić information content (AvgIpc) is 0.754. The number of imide groups is 4. The zero-order chi connectivity index (χ0) is 99.5. The van der Waals surface area contributed by atoms with Crippen molar-refractivity contribution in [2.75, 3.05) is 59.3 Å². The maximum Gasteiger partial charge on any atom is 0.325 e. The largest absolute Gasteiger partial charge is 0.384 e. The number of carbonyl (C=O) groups excluding carboxylic acids is 12. The van der Waals surface area contributed by atoms with E-state index < -0.39 is 72.0 Å². The molecule has 0 bridgehead atoms. The molecule has 4 saturated heterocycles. The third-order valence-electron chi connectivity index (χ3n) is 26.6. The lowest BCUT2D eigenvalue weighted by molar-refractivity contribution is -0.156. The van der Waals surface area contributed by atoms with Crippen LogP contribution in [-0.4, -0.2) is 174 Å². The van der Waals surface area contributed by atoms with Gasteiger partial charge in [-0.1, -0.05) is 205 Å². The number of hydrogen-bond donors (Lipinski definition) is 6. The Hall–Kier alpha value is -15.7. The van der Waals surface area contributed by atoms with Gasteiger partial charge in [0.2, 0.25) is 23.6 Å². The summed E-state index contributed by atoms with van der Waals surface area (Å²) in [6, 6.07) is 67.5. The number of benzene rings is 6. The van der Waals surface area contributed by atoms with Gasteiger partial charge in [0.05, 0.1) is 41.8 Å². The van der Waals surface area contributed by atoms with Crippen LogP contribution in [0.4, 0.5) is 53.6 Å². The predicted octanol–water partition coefficient (Wildman–Crippen LogP) is 15.4. The first-order valence-electron chi connectivity index (χ1n) is 47.9. The number of urea groups is 4. The zero-order valence-corrected chi connectivity index (χ0v) is 80.2. The molecule has 4 aliphatic heterocycles. The number of aromatic nitrogens is 5. The van der Waals surface area contributed by atoms with Crippen LogP contribution >= 0.6 is 0 Å². The molecule has 140 heavy (non-hydrogen) atoms. The number of carbonyl (C=O) groups is 12. The molecule has 726 valence electrons. The Morgan fingerprint density at radius 3 is 0.886 bits per heavy atom. The number of rotatable bonds is 30. The molecule has 1 aliphatic carbocycles. The van der Waals surface area contributed by atoms with Gasteiger partial charge in [-0.3, -0.25) is 72.9 Å². The highest BCUT2D eigenvalue weighted by Crippen LogP contribution is 2.40. The minimum atomic E-state index is -0.935. The standard InChI is InChI=1S/2C28H31N5O3.C27H28N4O3.C26H33N5O3/c2*1-3-10-23(20-11-6-4-7-12-20)31-28(36)33-25(27(35)32(2)21-13-8-5-9-14-21)22(26(33)34)17-19-15-16-30-24(29)18-19;1-3-23(20-10-6-4-7-11-20)29-27(34)31-24(26(33)30(2)21-12-8-5-9-13-21)22(25(31)32)18-19-14-16-28-17-15-19;1-3-22(19-7-5-4-6-8-19)29-26(34)31-23(25(33)30(2)20-11-15-28-16-12-20)21(24(31)32)17-18-9-13-27-14-10-18/h2*4-9,11-16,18,22-23,25H,3,10,17H2,1-2H3,(H2,29,30)(H,31,36);4-17,22-24H,3,18H2,1-2H3,(H,29,34);9-16,19,21-23H,3-8,17H2,1-2H3,(H,29,34)/t22-,23+,25+;22-,23-,25+;22-,23-,24+;21-,22-,23+/m1111/s1. The van der Waals surface area contributed by atoms with Gasteiger partial charge in [0, 0.05) is 107 Å². The zero-order valence-electron chi connectivity index (χ0n) is 80.2. The topological polar surface area (TPSA) is 395 Å². The second-order valence-electron chi connectivity index (χ2n) is 35.6. The molecule has 16 amide bonds. The van der Waals surface area contributed by atoms with E-state index in [1.54, 1.807) is 114 Å². The first-order valence-corrected chi connectivity index (χ1v) is 47.9. The Kier molecular flexibility index (Phi) is 35.5. The van der Waals surface area contributed by atoms with Crippen molar-refractivity contribution in [2.45, 2.75) is 172 Å². The summed E-state index contributed by atoms with van der Waals surface area (Å²) in [6.45, 7) is 8.10. The molecule has 6 aromatic carbocycles. The fraction of sp³-hybridized carbons (Fsp3) is 0.330. The number of nitrogens with zero attached hydrogens (tertiary/aromatic N) is 13. The summed E-state index contributed by atoms with van der Waals surface area (Å²) in [5.41, 5.74) is 20.6. The van der Waals surface area contributed by atoms with Crippen molar-refractivity contribution in [3.63, 3.8) is 0 Å². The highest BCUT2D eigenvalue weighted by Gasteiger charge is 2.60. The van der Waals surface area contributed by atoms with Gasteiger partial charge in [0.15, 0.2) is 0 Å². The molecule has 5 aliphatic rings. The van der Waals surface area contributed by atoms with Crippen LogP contribution in [0.5, 0.6) is 0 Å². The van der Waals surface area contributed by atoms with Crippen LogP contribution in [0.1, 0.15) is 155 Å². The summed E-state index contributed by atoms with van der Waals surface area (Å²) >= 11 is 0. The molecule has 0 spiro atoms. The van der Waals surface area contributed by atoms with E-state index in [9.17, 15) is 57.5 Å². The van der Waals surface area contributed by atoms with Crippen molar-refractivity contribution in [3.8, 4) is 0 Å². The van der Waals surface area contributed by atoms with E-state index in [2.05, 4.69) is 53.1 Å². The quantitative estimate of drug-likeness (QED) is 0.0228. The van der Waals surface area contributed by atoms with Crippen LogP contribution in [0.3, 0.4) is 0 Å². The van der Waals surface area contributed by atoms with Gasteiger partial charge >= 0.3 is 24.1 Å². The summed E-state index contributed by atoms with van der Waals surface area (Å²) in [5, 5.41) is 12.0. The second kappa shape index (κ2) is 48.9. The molecule has 8 N–H and O–H groups in total. The van der Waals surface area contributed by atoms with Crippen molar-refractivity contribution >= 4 is 106 Å². The minimum absolute atomic E-state index is 0.00790. The van der Waals surface area contributed by atoms with Crippen molar-refractivity contribution in [3.05, 3.63) is 331 Å². The van der Waals surface area contributed by atoms with Crippen molar-refractivity contribution in [2.24, 2.45) is 29.6 Å². The van der Waals surface area contributed by atoms with Crippen LogP contribution in [0, 0.1) is 29.6 Å². The number of likely N-dealkylation sites (N-methyl/N-ethyl adjacent to an activating group) is 4. The molecule has 0 unspecified atom stereocenters. The van der Waals surface area contributed by atoms with Crippen LogP contribution in [0.15, 0.2) is 292 Å². The van der Waals surface area contributed by atoms with Gasteiger partial charge in [-0.15, -0.1) is 0 Å². The maximum absolute atomic E-state index is 13.7. The molecular formula is C109H123N19O12. The van der Waals surface area contributed by atoms with Crippen molar-refractivity contribution in [1.82, 2.24) is 65.8 Å². The normalized spacial score (nSPS) is 18.7. The van der Waals surface area contributed by atoms with Gasteiger partial charge in [0.1, 0.15) is 35.8 Å². The van der Waals surface area contributed by atoms with Crippen LogP contribution in [0.2, 0.25) is 0 Å². The first-order chi connectivity index (χ1) is 67.8. The minimum Gasteiger partial charge on any atom is -0.384 e. The van der Waals surface area contributed by atoms with E-state index >= 15 is 0 Å². The van der Waals surface area contributed by atoms with Crippen LogP contribution in [0.25, 0.3) is 0 Å². The number of nitrogens with two attached hydrogens (primary N) is 2. The van der Waals surface area contributed by atoms with E-state index in [0.29, 0.717) is 72.4 Å². The molecule has 11 aromatic rings. The van der Waals surface area contributed by atoms with E-state index in [1.807, 2.05) is 227 Å². The number of pyridine rings is 5. The van der Waals surface area contributed by atoms with Crippen LogP contribution < -0.4 is 52.3 Å². The maximum atomic E-state index is 13.7. The van der Waals surface area contributed by atoms with Gasteiger partial charge in [-0.25, -0.2) is 29.1 Å². The molecule has 16 rings (SSSR count). The first kappa shape index (κ1) is 102. The van der Waals surface area contributed by atoms with Gasteiger partial charge in [-0.2, -0.15) is 0 Å². The third-order valence-corrected chi connectivity index (χ3v) is 26.6. The Morgan fingerprint density at radius 1 is 0.329 bits per heavy atom. The summed E-state index contributed by atoms with van der Waals surface area (Å²) in [7, 11) is 6.64. The summed E-state index contributed by atoms with van der Waals surface area (Å²) in [5.74, 6) is -4.16. The van der Waals surface area contributed by atoms with Crippen molar-refractivity contribution < 1.29 is 57.5 Å². The van der Waals surface area contributed by atoms with E-state index in [0.717, 1.165) is 90.6 Å². The molecule has 12 atom stereocenters. The molecule has 31 heteroatoms. The lowest BCUT2D eigenvalue weighted by atomic mass is 9.81. The van der Waals surface area contributed by atoms with Crippen molar-refractivity contribution in [1.29, 1.82) is 0 Å². The SMILES string of the molecule is CCC[C@@H](NC(=O)N1C(=O)[C@H](Cc2ccnc(N)c2)[C@H]1C(=O)N(C)c1ccccc1)c1ccccc1.CCC[C@H](NC(=O)N1C(=O)[C@H](Cc2ccnc(N)c2)[C@H]1C(=O)N(C)c1ccccc1)c1ccccc1.CC[C@@H](NC(=O)N1C(=O)[C@H](Cc2ccncc2)[C@H]1C(=O)N(C)c1ccccc1)c1ccccc1.CC[C@@H](NC(=O)N1C(=O)[C@H](Cc2ccncc2)[C@H]1C(=O)N(C)c1ccncc1)C1CCCCC1. The smallest absolute Gasteiger partial charge is 0.325 e. The Bertz CT molecular complexity index is 5840. The van der Waals surface area contributed by atoms with Gasteiger partial charge < -0.3 is 52.3 Å². The number of nitrogen functional groups attached to an aromatic ring is 2. The number of amides is 16. The Balaban J connectivity index is 0.000000157. The monoisotopic (exact) mass is 1890 g/mol. The summed E-state index contributed by atoms with van der Waals surface area (Å²) in [4.78, 5) is 191. The molecule has 0 radical (unpaired) electrons. The predicted molar refractivity (Wildman–Crippen MR) is 537 cm³/mol. The van der Waals surface area contributed by atoms with Gasteiger partial charge in [0.25, 0.3) is 23.6 Å². The molecule has 1 saturated carbocycles. The lowest BCUT2D eigenvalue weighted by Crippen LogP contribution is -2.71. The second-order valence-corrected chi connectivity index (χ2v) is 35.6. The Morgan fingerprint density at radius 2 is 0.593 bits per heavy atom. The number of para-hydroxylation sites is 3. The molecule has 5 fully saturated rings. The fourth-order valence-electron chi connectivity index (χ4n) is 18.8. The number of hydrogen-bond acceptors (Lipinski definition) is 19. The lowest BCUT2D eigenvalue weighted by Gasteiger charge is -2.46. The number of nitrogens with one attached hydrogen (secondary N) is 4. The Labute approximate surface area is 817 Å². The number of likely N-dealkylation sites (tertiary alicyclic amines) is 4. The highest BCUT2D eigenvalue weighted by molar-refractivity contribution is 6.16. The molecule has 31 nitrogen and oxygen atoms in total. The fourth-order valence-corrected chi connectivity index (χ4v) is 18.8. The van der Waals surface area contributed by atoms with Crippen LogP contribution in [-0.2, 0) is 64.0 Å². The third kappa shape index (κ3) is 24.6. The van der Waals surface area contributed by atoms with E-state index in [1.165, 1.54) is 38.9 Å². The average molecular weight is 1890 g/mol.